The highest BCUT2D eigenvalue weighted by molar-refractivity contribution is 7.98. The number of hydrogen-bond acceptors (Lipinski definition) is 5. The molecular formula is C22H18ClN3OS2. The summed E-state index contributed by atoms with van der Waals surface area (Å²) >= 11 is 9.46. The van der Waals surface area contributed by atoms with Crippen LogP contribution in [0.25, 0.3) is 10.2 Å². The third-order valence-corrected chi connectivity index (χ3v) is 6.83. The largest absolute Gasteiger partial charge is 0.278 e. The first kappa shape index (κ1) is 19.9. The van der Waals surface area contributed by atoms with Gasteiger partial charge in [-0.15, -0.1) is 11.8 Å². The van der Waals surface area contributed by atoms with Crippen molar-refractivity contribution < 1.29 is 4.79 Å². The number of carbonyl (C=O) groups is 1. The molecule has 4 aromatic rings. The van der Waals surface area contributed by atoms with Crippen molar-refractivity contribution in [2.24, 2.45) is 0 Å². The number of aryl methyl sites for hydroxylation is 1. The fourth-order valence-corrected chi connectivity index (χ4v) is 4.70. The van der Waals surface area contributed by atoms with Crippen LogP contribution in [0.4, 0.5) is 5.13 Å². The summed E-state index contributed by atoms with van der Waals surface area (Å²) in [4.78, 5) is 25.4. The molecule has 4 nitrogen and oxygen atoms in total. The maximum atomic E-state index is 13.4. The zero-order valence-corrected chi connectivity index (χ0v) is 18.3. The molecule has 0 aliphatic heterocycles. The SMILES string of the molecule is CSc1ccc(C(=O)N(Cc2ccccn2)c2nc3c(C)ccc(Cl)c3s2)cc1. The van der Waals surface area contributed by atoms with E-state index in [1.807, 2.05) is 67.8 Å². The number of rotatable bonds is 5. The number of hydrogen-bond donors (Lipinski definition) is 0. The van der Waals surface area contributed by atoms with E-state index < -0.39 is 0 Å². The molecule has 0 fully saturated rings. The molecule has 0 aliphatic carbocycles. The lowest BCUT2D eigenvalue weighted by Gasteiger charge is -2.19. The molecule has 29 heavy (non-hydrogen) atoms. The molecule has 0 saturated carbocycles. The van der Waals surface area contributed by atoms with Gasteiger partial charge in [-0.1, -0.05) is 35.1 Å². The second-order valence-electron chi connectivity index (χ2n) is 6.48. The summed E-state index contributed by atoms with van der Waals surface area (Å²) in [6.45, 7) is 2.33. The average Bonchev–Trinajstić information content (AvgIpc) is 3.21. The van der Waals surface area contributed by atoms with E-state index in [4.69, 9.17) is 16.6 Å². The number of nitrogens with zero attached hydrogens (tertiary/aromatic N) is 3. The maximum Gasteiger partial charge on any atom is 0.260 e. The lowest BCUT2D eigenvalue weighted by Crippen LogP contribution is -2.30. The Hall–Kier alpha value is -2.41. The van der Waals surface area contributed by atoms with Crippen LogP contribution in [0.5, 0.6) is 0 Å². The molecule has 2 aromatic carbocycles. The summed E-state index contributed by atoms with van der Waals surface area (Å²) < 4.78 is 0.887. The summed E-state index contributed by atoms with van der Waals surface area (Å²) in [5, 5.41) is 1.25. The smallest absolute Gasteiger partial charge is 0.260 e. The van der Waals surface area contributed by atoms with Gasteiger partial charge in [-0.25, -0.2) is 4.98 Å². The van der Waals surface area contributed by atoms with Crippen molar-refractivity contribution >= 4 is 56.0 Å². The number of thiazole rings is 1. The van der Waals surface area contributed by atoms with Gasteiger partial charge in [-0.05, 0) is 61.2 Å². The summed E-state index contributed by atoms with van der Waals surface area (Å²) in [5.74, 6) is -0.115. The van der Waals surface area contributed by atoms with Crippen LogP contribution in [0.3, 0.4) is 0 Å². The van der Waals surface area contributed by atoms with Crippen LogP contribution in [0.15, 0.2) is 65.7 Å². The molecular weight excluding hydrogens is 422 g/mol. The Morgan fingerprint density at radius 3 is 2.59 bits per heavy atom. The third-order valence-electron chi connectivity index (χ3n) is 4.55. The van der Waals surface area contributed by atoms with E-state index in [9.17, 15) is 4.79 Å². The highest BCUT2D eigenvalue weighted by Gasteiger charge is 2.23. The lowest BCUT2D eigenvalue weighted by atomic mass is 10.2. The molecule has 1 amide bonds. The van der Waals surface area contributed by atoms with Gasteiger partial charge in [0.25, 0.3) is 5.91 Å². The van der Waals surface area contributed by atoms with Gasteiger partial charge in [0.1, 0.15) is 0 Å². The number of fused-ring (bicyclic) bond motifs is 1. The number of aromatic nitrogens is 2. The van der Waals surface area contributed by atoms with Crippen molar-refractivity contribution in [2.45, 2.75) is 18.4 Å². The zero-order valence-electron chi connectivity index (χ0n) is 15.9. The van der Waals surface area contributed by atoms with Gasteiger partial charge in [0.15, 0.2) is 5.13 Å². The van der Waals surface area contributed by atoms with Crippen LogP contribution in [-0.2, 0) is 6.54 Å². The first-order valence-electron chi connectivity index (χ1n) is 8.98. The third kappa shape index (κ3) is 4.15. The molecule has 0 aliphatic rings. The second-order valence-corrected chi connectivity index (χ2v) is 8.74. The van der Waals surface area contributed by atoms with Gasteiger partial charge >= 0.3 is 0 Å². The molecule has 0 saturated heterocycles. The van der Waals surface area contributed by atoms with Gasteiger partial charge in [-0.2, -0.15) is 0 Å². The van der Waals surface area contributed by atoms with E-state index in [2.05, 4.69) is 4.98 Å². The van der Waals surface area contributed by atoms with E-state index in [1.165, 1.54) is 11.3 Å². The number of halogens is 1. The Bertz CT molecular complexity index is 1120. The van der Waals surface area contributed by atoms with Crippen molar-refractivity contribution in [3.05, 3.63) is 82.6 Å². The van der Waals surface area contributed by atoms with Gasteiger partial charge in [0, 0.05) is 16.7 Å². The first-order valence-corrected chi connectivity index (χ1v) is 11.4. The number of carbonyl (C=O) groups excluding carboxylic acids is 1. The second kappa shape index (κ2) is 8.53. The summed E-state index contributed by atoms with van der Waals surface area (Å²) in [7, 11) is 0. The van der Waals surface area contributed by atoms with Crippen LogP contribution >= 0.6 is 34.7 Å². The Morgan fingerprint density at radius 2 is 1.93 bits per heavy atom. The molecule has 7 heteroatoms. The quantitative estimate of drug-likeness (QED) is 0.346. The standard InChI is InChI=1S/C22H18ClN3OS2/c1-14-6-11-18(23)20-19(14)25-22(29-20)26(13-16-5-3-4-12-24-16)21(27)15-7-9-17(28-2)10-8-15/h3-12H,13H2,1-2H3. The molecule has 4 rings (SSSR count). The van der Waals surface area contributed by atoms with Crippen molar-refractivity contribution in [1.29, 1.82) is 0 Å². The van der Waals surface area contributed by atoms with E-state index in [0.717, 1.165) is 26.4 Å². The highest BCUT2D eigenvalue weighted by Crippen LogP contribution is 2.36. The van der Waals surface area contributed by atoms with E-state index >= 15 is 0 Å². The minimum Gasteiger partial charge on any atom is -0.278 e. The van der Waals surface area contributed by atoms with E-state index in [1.54, 1.807) is 22.9 Å². The Labute approximate surface area is 182 Å². The van der Waals surface area contributed by atoms with E-state index in [-0.39, 0.29) is 5.91 Å². The normalized spacial score (nSPS) is 11.0. The number of pyridine rings is 1. The molecule has 2 heterocycles. The van der Waals surface area contributed by atoms with Crippen LogP contribution in [-0.4, -0.2) is 22.1 Å². The predicted octanol–water partition coefficient (Wildman–Crippen LogP) is 6.22. The molecule has 0 spiro atoms. The fraction of sp³-hybridized carbons (Fsp3) is 0.136. The minimum atomic E-state index is -0.115. The summed E-state index contributed by atoms with van der Waals surface area (Å²) in [6, 6.07) is 17.1. The molecule has 0 radical (unpaired) electrons. The maximum absolute atomic E-state index is 13.4. The average molecular weight is 440 g/mol. The van der Waals surface area contributed by atoms with Gasteiger partial charge < -0.3 is 0 Å². The number of thioether (sulfide) groups is 1. The number of anilines is 1. The number of amides is 1. The highest BCUT2D eigenvalue weighted by atomic mass is 35.5. The predicted molar refractivity (Wildman–Crippen MR) is 122 cm³/mol. The lowest BCUT2D eigenvalue weighted by molar-refractivity contribution is 0.0984. The van der Waals surface area contributed by atoms with E-state index in [0.29, 0.717) is 22.3 Å². The van der Waals surface area contributed by atoms with Crippen molar-refractivity contribution in [2.75, 3.05) is 11.2 Å². The van der Waals surface area contributed by atoms with Crippen molar-refractivity contribution in [3.8, 4) is 0 Å². The van der Waals surface area contributed by atoms with Crippen LogP contribution in [0.2, 0.25) is 5.02 Å². The minimum absolute atomic E-state index is 0.115. The Kier molecular flexibility index (Phi) is 5.85. The topological polar surface area (TPSA) is 46.1 Å². The van der Waals surface area contributed by atoms with Crippen LogP contribution in [0, 0.1) is 6.92 Å². The molecule has 0 N–H and O–H groups in total. The molecule has 0 bridgehead atoms. The summed E-state index contributed by atoms with van der Waals surface area (Å²) in [6.07, 6.45) is 3.74. The molecule has 0 atom stereocenters. The molecule has 146 valence electrons. The van der Waals surface area contributed by atoms with Crippen molar-refractivity contribution in [3.63, 3.8) is 0 Å². The molecule has 0 unspecified atom stereocenters. The Balaban J connectivity index is 1.78. The van der Waals surface area contributed by atoms with Crippen molar-refractivity contribution in [1.82, 2.24) is 9.97 Å². The number of benzene rings is 2. The fourth-order valence-electron chi connectivity index (χ4n) is 2.98. The van der Waals surface area contributed by atoms with Gasteiger partial charge in [-0.3, -0.25) is 14.7 Å². The monoisotopic (exact) mass is 439 g/mol. The van der Waals surface area contributed by atoms with Gasteiger partial charge in [0.2, 0.25) is 0 Å². The van der Waals surface area contributed by atoms with Crippen LogP contribution in [0.1, 0.15) is 21.6 Å². The van der Waals surface area contributed by atoms with Gasteiger partial charge in [0.05, 0.1) is 27.5 Å². The molecule has 2 aromatic heterocycles. The zero-order chi connectivity index (χ0) is 20.4. The summed E-state index contributed by atoms with van der Waals surface area (Å²) in [5.41, 5.74) is 3.26. The van der Waals surface area contributed by atoms with Crippen LogP contribution < -0.4 is 4.90 Å². The Morgan fingerprint density at radius 1 is 1.14 bits per heavy atom. The first-order chi connectivity index (χ1) is 14.1.